The third-order valence-corrected chi connectivity index (χ3v) is 1.40. The van der Waals surface area contributed by atoms with E-state index in [4.69, 9.17) is 4.74 Å². The minimum absolute atomic E-state index is 0.0811. The Kier molecular flexibility index (Phi) is 7.76. The molecule has 0 unspecified atom stereocenters. The highest BCUT2D eigenvalue weighted by Crippen LogP contribution is 1.93. The summed E-state index contributed by atoms with van der Waals surface area (Å²) in [5.41, 5.74) is 0. The normalized spacial score (nSPS) is 10.5. The minimum atomic E-state index is -0.0811. The van der Waals surface area contributed by atoms with Gasteiger partial charge in [-0.3, -0.25) is 4.79 Å². The largest absolute Gasteiger partial charge is 0.465 e. The van der Waals surface area contributed by atoms with Crippen molar-refractivity contribution in [2.24, 2.45) is 0 Å². The van der Waals surface area contributed by atoms with E-state index >= 15 is 0 Å². The van der Waals surface area contributed by atoms with Gasteiger partial charge in [0.2, 0.25) is 0 Å². The molecule has 0 saturated carbocycles. The number of hydrogen-bond acceptors (Lipinski definition) is 2. The highest BCUT2D eigenvalue weighted by molar-refractivity contribution is 5.69. The maximum Gasteiger partial charge on any atom is 0.305 e. The van der Waals surface area contributed by atoms with Crippen molar-refractivity contribution in [1.29, 1.82) is 0 Å². The minimum Gasteiger partial charge on any atom is -0.465 e. The second kappa shape index (κ2) is 8.31. The van der Waals surface area contributed by atoms with Gasteiger partial charge in [0.1, 0.15) is 0 Å². The molecule has 0 radical (unpaired) electrons. The maximum absolute atomic E-state index is 10.8. The first-order valence-corrected chi connectivity index (χ1v) is 4.61. The Morgan fingerprint density at radius 2 is 2.08 bits per heavy atom. The summed E-state index contributed by atoms with van der Waals surface area (Å²) in [4.78, 5) is 10.8. The summed E-state index contributed by atoms with van der Waals surface area (Å²) in [6, 6.07) is 0. The molecule has 70 valence electrons. The van der Waals surface area contributed by atoms with E-state index < -0.39 is 0 Å². The van der Waals surface area contributed by atoms with Crippen LogP contribution in [0.25, 0.3) is 0 Å². The molecule has 0 aromatic heterocycles. The van der Waals surface area contributed by atoms with E-state index in [1.807, 2.05) is 13.0 Å². The Morgan fingerprint density at radius 3 is 2.67 bits per heavy atom. The van der Waals surface area contributed by atoms with Gasteiger partial charge in [-0.2, -0.15) is 0 Å². The third kappa shape index (κ3) is 7.32. The molecule has 0 atom stereocenters. The number of hydrogen-bond donors (Lipinski definition) is 0. The van der Waals surface area contributed by atoms with Crippen LogP contribution in [0.15, 0.2) is 12.2 Å². The molecule has 2 nitrogen and oxygen atoms in total. The van der Waals surface area contributed by atoms with Gasteiger partial charge < -0.3 is 4.74 Å². The van der Waals surface area contributed by atoms with Crippen molar-refractivity contribution in [3.05, 3.63) is 12.2 Å². The van der Waals surface area contributed by atoms with Gasteiger partial charge >= 0.3 is 5.97 Å². The van der Waals surface area contributed by atoms with Gasteiger partial charge in [-0.15, -0.1) is 0 Å². The van der Waals surface area contributed by atoms with Crippen molar-refractivity contribution in [3.63, 3.8) is 0 Å². The summed E-state index contributed by atoms with van der Waals surface area (Å²) in [5.74, 6) is -0.0811. The SMILES string of the molecule is CC/C=C/CCOC(=O)CCC. The van der Waals surface area contributed by atoms with Crippen molar-refractivity contribution in [2.45, 2.75) is 39.5 Å². The van der Waals surface area contributed by atoms with Crippen LogP contribution < -0.4 is 0 Å². The van der Waals surface area contributed by atoms with Crippen molar-refractivity contribution in [1.82, 2.24) is 0 Å². The van der Waals surface area contributed by atoms with Gasteiger partial charge in [-0.1, -0.05) is 26.0 Å². The van der Waals surface area contributed by atoms with E-state index in [-0.39, 0.29) is 5.97 Å². The fourth-order valence-electron chi connectivity index (χ4n) is 0.802. The van der Waals surface area contributed by atoms with Crippen molar-refractivity contribution >= 4 is 5.97 Å². The van der Waals surface area contributed by atoms with E-state index in [0.717, 1.165) is 19.3 Å². The summed E-state index contributed by atoms with van der Waals surface area (Å²) in [6.07, 6.45) is 7.40. The summed E-state index contributed by atoms with van der Waals surface area (Å²) >= 11 is 0. The van der Waals surface area contributed by atoms with Crippen LogP contribution >= 0.6 is 0 Å². The lowest BCUT2D eigenvalue weighted by atomic mass is 10.3. The molecule has 0 N–H and O–H groups in total. The number of allylic oxidation sites excluding steroid dienone is 1. The predicted octanol–water partition coefficient (Wildman–Crippen LogP) is 2.69. The van der Waals surface area contributed by atoms with Gasteiger partial charge in [0, 0.05) is 6.42 Å². The van der Waals surface area contributed by atoms with Crippen molar-refractivity contribution < 1.29 is 9.53 Å². The standard InChI is InChI=1S/C10H18O2/c1-3-5-6-7-9-12-10(11)8-4-2/h5-6H,3-4,7-9H2,1-2H3/b6-5+. The molecule has 12 heavy (non-hydrogen) atoms. The number of carbonyl (C=O) groups is 1. The van der Waals surface area contributed by atoms with E-state index in [2.05, 4.69) is 13.0 Å². The molecular formula is C10H18O2. The molecule has 0 aromatic carbocycles. The van der Waals surface area contributed by atoms with Crippen molar-refractivity contribution in [3.8, 4) is 0 Å². The Balaban J connectivity index is 3.19. The van der Waals surface area contributed by atoms with Crippen LogP contribution in [-0.2, 0) is 9.53 Å². The van der Waals surface area contributed by atoms with Crippen LogP contribution in [0.4, 0.5) is 0 Å². The zero-order valence-electron chi connectivity index (χ0n) is 8.01. The van der Waals surface area contributed by atoms with Crippen LogP contribution in [0.1, 0.15) is 39.5 Å². The Bertz CT molecular complexity index is 139. The molecule has 0 aromatic rings. The first kappa shape index (κ1) is 11.2. The van der Waals surface area contributed by atoms with Gasteiger partial charge in [0.05, 0.1) is 6.61 Å². The first-order valence-electron chi connectivity index (χ1n) is 4.61. The number of rotatable bonds is 6. The average Bonchev–Trinajstić information content (AvgIpc) is 2.05. The van der Waals surface area contributed by atoms with E-state index in [0.29, 0.717) is 13.0 Å². The van der Waals surface area contributed by atoms with Gasteiger partial charge in [0.15, 0.2) is 0 Å². The highest BCUT2D eigenvalue weighted by Gasteiger charge is 1.97. The summed E-state index contributed by atoms with van der Waals surface area (Å²) in [6.45, 7) is 4.58. The third-order valence-electron chi connectivity index (χ3n) is 1.40. The molecule has 0 aliphatic rings. The maximum atomic E-state index is 10.8. The molecule has 0 amide bonds. The topological polar surface area (TPSA) is 26.3 Å². The molecule has 0 spiro atoms. The Morgan fingerprint density at radius 1 is 1.33 bits per heavy atom. The average molecular weight is 170 g/mol. The molecule has 0 bridgehead atoms. The summed E-state index contributed by atoms with van der Waals surface area (Å²) in [5, 5.41) is 0. The second-order valence-corrected chi connectivity index (χ2v) is 2.64. The van der Waals surface area contributed by atoms with Crippen LogP contribution in [0.5, 0.6) is 0 Å². The second-order valence-electron chi connectivity index (χ2n) is 2.64. The molecule has 0 aliphatic heterocycles. The fraction of sp³-hybridized carbons (Fsp3) is 0.700. The molecule has 0 aliphatic carbocycles. The number of carbonyl (C=O) groups excluding carboxylic acids is 1. The molecule has 0 fully saturated rings. The van der Waals surface area contributed by atoms with Crippen LogP contribution in [0, 0.1) is 0 Å². The van der Waals surface area contributed by atoms with E-state index in [1.165, 1.54) is 0 Å². The van der Waals surface area contributed by atoms with Gasteiger partial charge in [0.25, 0.3) is 0 Å². The highest BCUT2D eigenvalue weighted by atomic mass is 16.5. The fourth-order valence-corrected chi connectivity index (χ4v) is 0.802. The number of ether oxygens (including phenoxy) is 1. The number of esters is 1. The molecule has 2 heteroatoms. The lowest BCUT2D eigenvalue weighted by Gasteiger charge is -2.00. The Hall–Kier alpha value is -0.790. The monoisotopic (exact) mass is 170 g/mol. The lowest BCUT2D eigenvalue weighted by Crippen LogP contribution is -2.04. The molecule has 0 heterocycles. The van der Waals surface area contributed by atoms with Gasteiger partial charge in [-0.25, -0.2) is 0 Å². The van der Waals surface area contributed by atoms with Crippen LogP contribution in [0.2, 0.25) is 0 Å². The van der Waals surface area contributed by atoms with Crippen LogP contribution in [0.3, 0.4) is 0 Å². The van der Waals surface area contributed by atoms with Crippen molar-refractivity contribution in [2.75, 3.05) is 6.61 Å². The first-order chi connectivity index (χ1) is 5.81. The predicted molar refractivity (Wildman–Crippen MR) is 49.9 cm³/mol. The molecule has 0 rings (SSSR count). The zero-order valence-corrected chi connectivity index (χ0v) is 8.01. The lowest BCUT2D eigenvalue weighted by molar-refractivity contribution is -0.143. The quantitative estimate of drug-likeness (QED) is 0.348. The van der Waals surface area contributed by atoms with E-state index in [1.54, 1.807) is 0 Å². The Labute approximate surface area is 74.6 Å². The van der Waals surface area contributed by atoms with Crippen LogP contribution in [-0.4, -0.2) is 12.6 Å². The smallest absolute Gasteiger partial charge is 0.305 e. The van der Waals surface area contributed by atoms with E-state index in [9.17, 15) is 4.79 Å². The zero-order chi connectivity index (χ0) is 9.23. The molecular weight excluding hydrogens is 152 g/mol. The molecule has 0 saturated heterocycles. The van der Waals surface area contributed by atoms with Gasteiger partial charge in [-0.05, 0) is 19.3 Å². The summed E-state index contributed by atoms with van der Waals surface area (Å²) < 4.78 is 4.94. The summed E-state index contributed by atoms with van der Waals surface area (Å²) in [7, 11) is 0.